The summed E-state index contributed by atoms with van der Waals surface area (Å²) in [6, 6.07) is 14.5. The zero-order valence-electron chi connectivity index (χ0n) is 18.9. The number of halogens is 1. The fraction of sp³-hybridized carbons (Fsp3) is 0.440. The Morgan fingerprint density at radius 1 is 1.03 bits per heavy atom. The first-order valence-electron chi connectivity index (χ1n) is 10.4. The molecule has 3 aromatic rings. The minimum absolute atomic E-state index is 0.00338. The van der Waals surface area contributed by atoms with Gasteiger partial charge in [0.05, 0.1) is 7.11 Å². The van der Waals surface area contributed by atoms with Crippen LogP contribution in [-0.4, -0.2) is 23.0 Å². The van der Waals surface area contributed by atoms with E-state index in [1.807, 2.05) is 30.0 Å². The molecule has 1 heterocycles. The Balaban J connectivity index is 2.25. The molecule has 2 N–H and O–H groups in total. The Hall–Kier alpha value is -1.62. The number of methoxy groups -OCH3 is 1. The molecule has 0 aliphatic rings. The van der Waals surface area contributed by atoms with Gasteiger partial charge in [0.25, 0.3) is 0 Å². The highest BCUT2D eigenvalue weighted by atomic mass is 35.5. The first kappa shape index (κ1) is 23.1. The molecule has 0 radical (unpaired) electrons. The lowest BCUT2D eigenvalue weighted by molar-refractivity contribution is 0.365. The van der Waals surface area contributed by atoms with Crippen LogP contribution in [0.4, 0.5) is 0 Å². The van der Waals surface area contributed by atoms with E-state index in [1.54, 1.807) is 7.11 Å². The van der Waals surface area contributed by atoms with Crippen molar-refractivity contribution in [2.45, 2.75) is 57.2 Å². The minimum Gasteiger partial charge on any atom is -0.497 e. The number of hydrogen-bond acceptors (Lipinski definition) is 3. The number of benzene rings is 2. The van der Waals surface area contributed by atoms with Crippen molar-refractivity contribution in [2.75, 3.05) is 13.7 Å². The molecule has 0 saturated heterocycles. The van der Waals surface area contributed by atoms with Gasteiger partial charge in [-0.05, 0) is 54.3 Å². The van der Waals surface area contributed by atoms with E-state index in [-0.39, 0.29) is 10.2 Å². The van der Waals surface area contributed by atoms with Crippen LogP contribution < -0.4 is 10.5 Å². The highest BCUT2D eigenvalue weighted by Crippen LogP contribution is 2.44. The summed E-state index contributed by atoms with van der Waals surface area (Å²) in [5, 5.41) is 2.00. The van der Waals surface area contributed by atoms with Crippen molar-refractivity contribution in [1.82, 2.24) is 4.57 Å². The summed E-state index contributed by atoms with van der Waals surface area (Å²) in [5.41, 5.74) is 9.93. The van der Waals surface area contributed by atoms with Crippen molar-refractivity contribution < 1.29 is 4.74 Å². The molecule has 0 aliphatic carbocycles. The largest absolute Gasteiger partial charge is 0.497 e. The molecular formula is C25H33ClN2OS. The molecule has 5 heteroatoms. The van der Waals surface area contributed by atoms with E-state index in [0.717, 1.165) is 23.7 Å². The van der Waals surface area contributed by atoms with E-state index in [0.29, 0.717) is 6.54 Å². The summed E-state index contributed by atoms with van der Waals surface area (Å²) in [4.78, 5) is 1.33. The topological polar surface area (TPSA) is 40.2 Å². The predicted octanol–water partition coefficient (Wildman–Crippen LogP) is 6.77. The molecule has 3 rings (SSSR count). The third kappa shape index (κ3) is 5.35. The van der Waals surface area contributed by atoms with Crippen LogP contribution in [-0.2, 0) is 13.0 Å². The van der Waals surface area contributed by atoms with Crippen molar-refractivity contribution in [3.63, 3.8) is 0 Å². The molecule has 0 unspecified atom stereocenters. The number of nitrogens with two attached hydrogens (primary N) is 1. The first-order valence-corrected chi connectivity index (χ1v) is 11.5. The van der Waals surface area contributed by atoms with Crippen LogP contribution >= 0.6 is 23.4 Å². The second-order valence-corrected chi connectivity index (χ2v) is 11.9. The van der Waals surface area contributed by atoms with E-state index >= 15 is 0 Å². The normalized spacial score (nSPS) is 12.5. The zero-order valence-corrected chi connectivity index (χ0v) is 20.5. The number of hydrogen-bond donors (Lipinski definition) is 1. The van der Waals surface area contributed by atoms with Gasteiger partial charge in [0, 0.05) is 37.8 Å². The van der Waals surface area contributed by atoms with Crippen LogP contribution in [0.3, 0.4) is 0 Å². The molecule has 1 aromatic heterocycles. The number of ether oxygens (including phenoxy) is 1. The average molecular weight is 445 g/mol. The lowest BCUT2D eigenvalue weighted by Crippen LogP contribution is -2.27. The summed E-state index contributed by atoms with van der Waals surface area (Å²) < 4.78 is 8.09. The Morgan fingerprint density at radius 2 is 1.70 bits per heavy atom. The Labute approximate surface area is 189 Å². The van der Waals surface area contributed by atoms with Gasteiger partial charge in [-0.15, -0.1) is 11.8 Å². The van der Waals surface area contributed by atoms with Crippen LogP contribution in [0, 0.1) is 5.41 Å². The second kappa shape index (κ2) is 8.86. The van der Waals surface area contributed by atoms with Crippen molar-refractivity contribution in [3.05, 3.63) is 58.7 Å². The van der Waals surface area contributed by atoms with E-state index in [2.05, 4.69) is 63.5 Å². The van der Waals surface area contributed by atoms with Gasteiger partial charge in [-0.1, -0.05) is 58.4 Å². The highest BCUT2D eigenvalue weighted by molar-refractivity contribution is 8.00. The lowest BCUT2D eigenvalue weighted by Gasteiger charge is -2.26. The number of rotatable bonds is 7. The van der Waals surface area contributed by atoms with Crippen LogP contribution in [0.2, 0.25) is 5.02 Å². The monoisotopic (exact) mass is 444 g/mol. The van der Waals surface area contributed by atoms with Crippen LogP contribution in [0.5, 0.6) is 5.75 Å². The quantitative estimate of drug-likeness (QED) is 0.408. The molecule has 0 saturated carbocycles. The fourth-order valence-corrected chi connectivity index (χ4v) is 4.87. The molecular weight excluding hydrogens is 412 g/mol. The number of nitrogens with zero attached hydrogens (tertiary/aromatic N) is 1. The Bertz CT molecular complexity index is 1020. The van der Waals surface area contributed by atoms with Crippen molar-refractivity contribution in [2.24, 2.45) is 11.1 Å². The van der Waals surface area contributed by atoms with E-state index in [4.69, 9.17) is 22.1 Å². The van der Waals surface area contributed by atoms with Crippen molar-refractivity contribution >= 4 is 34.3 Å². The molecule has 0 spiro atoms. The summed E-state index contributed by atoms with van der Waals surface area (Å²) in [6.45, 7) is 12.7. The van der Waals surface area contributed by atoms with Gasteiger partial charge in [-0.2, -0.15) is 0 Å². The van der Waals surface area contributed by atoms with Crippen LogP contribution in [0.1, 0.15) is 45.9 Å². The summed E-state index contributed by atoms with van der Waals surface area (Å²) in [6.07, 6.45) is 0.909. The third-order valence-electron chi connectivity index (χ3n) is 5.19. The zero-order chi connectivity index (χ0) is 22.1. The van der Waals surface area contributed by atoms with Gasteiger partial charge >= 0.3 is 0 Å². The minimum atomic E-state index is 0.00338. The maximum atomic E-state index is 6.14. The maximum absolute atomic E-state index is 6.14. The standard InChI is InChI=1S/C25H33ClN2OS/c1-24(2,3)30-23-20-13-19(29-6)11-12-21(20)28(22(23)14-25(4,5)16-27)15-17-7-9-18(26)10-8-17/h7-13H,14-16,27H2,1-6H3. The Morgan fingerprint density at radius 3 is 2.27 bits per heavy atom. The molecule has 0 aliphatic heterocycles. The van der Waals surface area contributed by atoms with Crippen molar-refractivity contribution in [1.29, 1.82) is 0 Å². The molecule has 2 aromatic carbocycles. The van der Waals surface area contributed by atoms with Gasteiger partial charge in [-0.25, -0.2) is 0 Å². The fourth-order valence-electron chi connectivity index (χ4n) is 3.56. The number of thioether (sulfide) groups is 1. The molecule has 0 bridgehead atoms. The highest BCUT2D eigenvalue weighted by Gasteiger charge is 2.27. The summed E-state index contributed by atoms with van der Waals surface area (Å²) in [7, 11) is 1.72. The Kier molecular flexibility index (Phi) is 6.81. The van der Waals surface area contributed by atoms with Crippen LogP contribution in [0.15, 0.2) is 47.4 Å². The number of fused-ring (bicyclic) bond motifs is 1. The number of aromatic nitrogens is 1. The smallest absolute Gasteiger partial charge is 0.119 e. The average Bonchev–Trinajstić information content (AvgIpc) is 2.94. The van der Waals surface area contributed by atoms with Gasteiger partial charge in [0.2, 0.25) is 0 Å². The third-order valence-corrected chi connectivity index (χ3v) is 6.71. The van der Waals surface area contributed by atoms with E-state index in [1.165, 1.54) is 27.1 Å². The van der Waals surface area contributed by atoms with Gasteiger partial charge < -0.3 is 15.0 Å². The molecule has 30 heavy (non-hydrogen) atoms. The molecule has 0 atom stereocenters. The SMILES string of the molecule is COc1ccc2c(c1)c(SC(C)(C)C)c(CC(C)(C)CN)n2Cc1ccc(Cl)cc1. The van der Waals surface area contributed by atoms with E-state index in [9.17, 15) is 0 Å². The first-order chi connectivity index (χ1) is 14.0. The molecule has 0 fully saturated rings. The molecule has 0 amide bonds. The molecule has 162 valence electrons. The van der Waals surface area contributed by atoms with Gasteiger partial charge in [0.15, 0.2) is 0 Å². The molecule has 3 nitrogen and oxygen atoms in total. The van der Waals surface area contributed by atoms with Gasteiger partial charge in [-0.3, -0.25) is 0 Å². The van der Waals surface area contributed by atoms with E-state index < -0.39 is 0 Å². The predicted molar refractivity (Wildman–Crippen MR) is 131 cm³/mol. The summed E-state index contributed by atoms with van der Waals surface area (Å²) >= 11 is 8.04. The van der Waals surface area contributed by atoms with Crippen molar-refractivity contribution in [3.8, 4) is 5.75 Å². The lowest BCUT2D eigenvalue weighted by atomic mass is 9.88. The maximum Gasteiger partial charge on any atom is 0.119 e. The summed E-state index contributed by atoms with van der Waals surface area (Å²) in [5.74, 6) is 0.881. The second-order valence-electron chi connectivity index (χ2n) is 9.63. The van der Waals surface area contributed by atoms with Gasteiger partial charge in [0.1, 0.15) is 5.75 Å². The van der Waals surface area contributed by atoms with Crippen LogP contribution in [0.25, 0.3) is 10.9 Å².